The molecule has 1 saturated carbocycles. The number of carboxylic acids is 1. The summed E-state index contributed by atoms with van der Waals surface area (Å²) in [6.45, 7) is 2.34. The van der Waals surface area contributed by atoms with E-state index in [1.54, 1.807) is 37.3 Å². The number of nitrogens with one attached hydrogen (secondary N) is 2. The van der Waals surface area contributed by atoms with Crippen molar-refractivity contribution in [1.82, 2.24) is 35.1 Å². The molecule has 0 radical (unpaired) electrons. The molecule has 4 N–H and O–H groups in total. The molecule has 5 amide bonds. The Morgan fingerprint density at radius 3 is 2.23 bits per heavy atom. The molecule has 3 aliphatic rings. The summed E-state index contributed by atoms with van der Waals surface area (Å²) in [5.41, 5.74) is 0.385. The van der Waals surface area contributed by atoms with Crippen LogP contribution >= 0.6 is 0 Å². The minimum Gasteiger partial charge on any atom is -0.481 e. The average molecular weight is 668 g/mol. The quantitative estimate of drug-likeness (QED) is 0.254. The van der Waals surface area contributed by atoms with Crippen molar-refractivity contribution in [2.24, 2.45) is 0 Å². The Morgan fingerprint density at radius 2 is 1.60 bits per heavy atom. The minimum absolute atomic E-state index is 0.0695. The molecule has 2 aliphatic heterocycles. The monoisotopic (exact) mass is 667 g/mol. The molecule has 2 saturated heterocycles. The lowest BCUT2D eigenvalue weighted by Crippen LogP contribution is -2.55. The molecule has 0 spiro atoms. The Bertz CT molecular complexity index is 1520. The van der Waals surface area contributed by atoms with E-state index in [9.17, 15) is 39.0 Å². The van der Waals surface area contributed by atoms with E-state index in [-0.39, 0.29) is 62.0 Å². The molecule has 1 aliphatic carbocycles. The smallest absolute Gasteiger partial charge is 0.407 e. The molecule has 48 heavy (non-hydrogen) atoms. The summed E-state index contributed by atoms with van der Waals surface area (Å²) in [6, 6.07) is 8.45. The van der Waals surface area contributed by atoms with Gasteiger partial charge in [-0.2, -0.15) is 5.10 Å². The second kappa shape index (κ2) is 15.2. The van der Waals surface area contributed by atoms with Crippen molar-refractivity contribution < 1.29 is 43.7 Å². The van der Waals surface area contributed by atoms with E-state index < -0.39 is 48.5 Å². The highest BCUT2D eigenvalue weighted by Gasteiger charge is 2.38. The topological polar surface area (TPSA) is 204 Å². The maximum Gasteiger partial charge on any atom is 0.407 e. The molecular formula is C32H41N7O9. The van der Waals surface area contributed by atoms with E-state index in [1.165, 1.54) is 25.4 Å². The third-order valence-electron chi connectivity index (χ3n) is 8.96. The maximum absolute atomic E-state index is 13.6. The van der Waals surface area contributed by atoms with Gasteiger partial charge < -0.3 is 40.3 Å². The normalized spacial score (nSPS) is 19.2. The highest BCUT2D eigenvalue weighted by molar-refractivity contribution is 5.96. The van der Waals surface area contributed by atoms with Gasteiger partial charge in [0, 0.05) is 51.3 Å². The van der Waals surface area contributed by atoms with Crippen molar-refractivity contribution in [1.29, 1.82) is 0 Å². The standard InChI is InChI=1S/C32H41N7O9/c1-20(30(44)38-14-6-11-25(38)29(43)33-21-7-5-8-21)48-26-19-24(35-39(26)22-9-3-2-4-10-22)28(42)34-23(12-13-27(40)41)31(45)36-15-17-37(18-16-36)32(46)47/h2-4,9-10,19-21,23,25H,5-8,11-18H2,1H3,(H,33,43)(H,34,42)(H,40,41)(H,46,47)/t20-,23?,25?/m0/s1. The number of aromatic nitrogens is 2. The lowest BCUT2D eigenvalue weighted by atomic mass is 9.93. The van der Waals surface area contributed by atoms with Gasteiger partial charge in [-0.1, -0.05) is 18.2 Å². The minimum atomic E-state index is -1.21. The van der Waals surface area contributed by atoms with Gasteiger partial charge in [-0.15, -0.1) is 0 Å². The van der Waals surface area contributed by atoms with Gasteiger partial charge >= 0.3 is 12.1 Å². The van der Waals surface area contributed by atoms with Gasteiger partial charge in [0.1, 0.15) is 12.1 Å². The van der Waals surface area contributed by atoms with Crippen molar-refractivity contribution in [2.45, 2.75) is 76.1 Å². The van der Waals surface area contributed by atoms with Crippen LogP contribution in [-0.4, -0.2) is 127 Å². The summed E-state index contributed by atoms with van der Waals surface area (Å²) in [4.78, 5) is 80.1. The van der Waals surface area contributed by atoms with Gasteiger partial charge in [0.25, 0.3) is 11.8 Å². The zero-order valence-corrected chi connectivity index (χ0v) is 26.7. The van der Waals surface area contributed by atoms with Gasteiger partial charge in [-0.3, -0.25) is 24.0 Å². The molecular weight excluding hydrogens is 626 g/mol. The predicted octanol–water partition coefficient (Wildman–Crippen LogP) is 1.08. The van der Waals surface area contributed by atoms with Crippen LogP contribution in [0, 0.1) is 0 Å². The molecule has 258 valence electrons. The molecule has 2 unspecified atom stereocenters. The number of likely N-dealkylation sites (tertiary alicyclic amines) is 1. The van der Waals surface area contributed by atoms with Crippen molar-refractivity contribution in [2.75, 3.05) is 32.7 Å². The third kappa shape index (κ3) is 8.04. The van der Waals surface area contributed by atoms with Crippen LogP contribution < -0.4 is 15.4 Å². The fourth-order valence-electron chi connectivity index (χ4n) is 6.03. The number of para-hydroxylation sites is 1. The number of rotatable bonds is 12. The summed E-state index contributed by atoms with van der Waals surface area (Å²) in [6.07, 6.45) is 1.45. The van der Waals surface area contributed by atoms with E-state index in [1.807, 2.05) is 0 Å². The first-order valence-electron chi connectivity index (χ1n) is 16.2. The lowest BCUT2D eigenvalue weighted by molar-refractivity contribution is -0.143. The van der Waals surface area contributed by atoms with Crippen LogP contribution in [0.15, 0.2) is 36.4 Å². The second-order valence-electron chi connectivity index (χ2n) is 12.3. The molecule has 16 nitrogen and oxygen atoms in total. The number of nitrogens with zero attached hydrogens (tertiary/aromatic N) is 5. The Labute approximate surface area is 277 Å². The van der Waals surface area contributed by atoms with E-state index in [2.05, 4.69) is 15.7 Å². The molecule has 16 heteroatoms. The first-order chi connectivity index (χ1) is 23.0. The molecule has 0 bridgehead atoms. The maximum atomic E-state index is 13.6. The lowest BCUT2D eigenvalue weighted by Gasteiger charge is -2.35. The fourth-order valence-corrected chi connectivity index (χ4v) is 6.03. The number of ether oxygens (including phenoxy) is 1. The number of benzene rings is 1. The molecule has 1 aromatic carbocycles. The van der Waals surface area contributed by atoms with Crippen molar-refractivity contribution in [3.8, 4) is 11.6 Å². The molecule has 1 aromatic heterocycles. The zero-order valence-electron chi connectivity index (χ0n) is 26.7. The van der Waals surface area contributed by atoms with Crippen molar-refractivity contribution in [3.05, 3.63) is 42.1 Å². The number of hydrogen-bond donors (Lipinski definition) is 4. The van der Waals surface area contributed by atoms with Gasteiger partial charge in [0.2, 0.25) is 17.7 Å². The van der Waals surface area contributed by atoms with Gasteiger partial charge in [-0.05, 0) is 57.6 Å². The number of hydrogen-bond acceptors (Lipinski definition) is 8. The first kappa shape index (κ1) is 34.2. The van der Waals surface area contributed by atoms with Gasteiger partial charge in [0.15, 0.2) is 11.8 Å². The summed E-state index contributed by atoms with van der Waals surface area (Å²) in [7, 11) is 0. The van der Waals surface area contributed by atoms with Crippen LogP contribution in [0.3, 0.4) is 0 Å². The molecule has 5 rings (SSSR count). The SMILES string of the molecule is C[C@H](Oc1cc(C(=O)NC(CCC(=O)O)C(=O)N2CCN(C(=O)O)CC2)nn1-c1ccccc1)C(=O)N1CCCC1C(=O)NC1CCC1. The summed E-state index contributed by atoms with van der Waals surface area (Å²) in [5.74, 6) is -2.93. The fraction of sp³-hybridized carbons (Fsp3) is 0.531. The Hall–Kier alpha value is -5.15. The summed E-state index contributed by atoms with van der Waals surface area (Å²) in [5, 5.41) is 28.5. The molecule has 3 atom stereocenters. The number of piperazine rings is 1. The largest absolute Gasteiger partial charge is 0.481 e. The number of carboxylic acid groups (broad SMARTS) is 2. The van der Waals surface area contributed by atoms with Crippen LogP contribution in [0.4, 0.5) is 4.79 Å². The number of carbonyl (C=O) groups is 6. The van der Waals surface area contributed by atoms with Crippen LogP contribution in [-0.2, 0) is 19.2 Å². The van der Waals surface area contributed by atoms with Crippen LogP contribution in [0.2, 0.25) is 0 Å². The Morgan fingerprint density at radius 1 is 0.917 bits per heavy atom. The number of carbonyl (C=O) groups excluding carboxylic acids is 4. The van der Waals surface area contributed by atoms with E-state index in [0.29, 0.717) is 25.1 Å². The van der Waals surface area contributed by atoms with Gasteiger partial charge in [0.05, 0.1) is 5.69 Å². The first-order valence-corrected chi connectivity index (χ1v) is 16.2. The highest BCUT2D eigenvalue weighted by Crippen LogP contribution is 2.25. The molecule has 2 aromatic rings. The second-order valence-corrected chi connectivity index (χ2v) is 12.3. The van der Waals surface area contributed by atoms with Gasteiger partial charge in [-0.25, -0.2) is 9.48 Å². The van der Waals surface area contributed by atoms with E-state index in [4.69, 9.17) is 4.74 Å². The summed E-state index contributed by atoms with van der Waals surface area (Å²) >= 11 is 0. The Balaban J connectivity index is 1.32. The predicted molar refractivity (Wildman–Crippen MR) is 168 cm³/mol. The van der Waals surface area contributed by atoms with Crippen LogP contribution in [0.1, 0.15) is 62.4 Å². The third-order valence-corrected chi connectivity index (χ3v) is 8.96. The summed E-state index contributed by atoms with van der Waals surface area (Å²) < 4.78 is 7.44. The van der Waals surface area contributed by atoms with E-state index in [0.717, 1.165) is 19.3 Å². The Kier molecular flexibility index (Phi) is 10.8. The average Bonchev–Trinajstić information content (AvgIpc) is 3.72. The van der Waals surface area contributed by atoms with Crippen molar-refractivity contribution >= 4 is 35.7 Å². The zero-order chi connectivity index (χ0) is 34.4. The van der Waals surface area contributed by atoms with Crippen LogP contribution in [0.5, 0.6) is 5.88 Å². The van der Waals surface area contributed by atoms with Crippen molar-refractivity contribution in [3.63, 3.8) is 0 Å². The number of amides is 5. The van der Waals surface area contributed by atoms with E-state index >= 15 is 0 Å². The molecule has 3 heterocycles. The number of aliphatic carboxylic acids is 1. The molecule has 3 fully saturated rings. The van der Waals surface area contributed by atoms with Crippen LogP contribution in [0.25, 0.3) is 5.69 Å². The highest BCUT2D eigenvalue weighted by atomic mass is 16.5.